The molecule has 0 fully saturated rings. The molecule has 25 heavy (non-hydrogen) atoms. The lowest BCUT2D eigenvalue weighted by Gasteiger charge is -2.08. The van der Waals surface area contributed by atoms with Crippen molar-refractivity contribution in [3.8, 4) is 0 Å². The quantitative estimate of drug-likeness (QED) is 0.609. The number of benzene rings is 1. The molecule has 1 heterocycles. The Balaban J connectivity index is 0.00000312. The first-order chi connectivity index (χ1) is 11.5. The molecule has 0 aliphatic heterocycles. The van der Waals surface area contributed by atoms with Crippen LogP contribution in [0.3, 0.4) is 0 Å². The van der Waals surface area contributed by atoms with Gasteiger partial charge in [0.2, 0.25) is 5.91 Å². The van der Waals surface area contributed by atoms with Crippen molar-refractivity contribution in [2.24, 2.45) is 5.92 Å². The van der Waals surface area contributed by atoms with Gasteiger partial charge in [-0.05, 0) is 24.0 Å². The average Bonchev–Trinajstić information content (AvgIpc) is 3.02. The number of carbonyl (C=O) groups is 1. The van der Waals surface area contributed by atoms with E-state index in [4.69, 9.17) is 4.42 Å². The molecule has 0 bridgehead atoms. The third kappa shape index (κ3) is 6.68. The number of hydrogen-bond donors (Lipinski definition) is 2. The van der Waals surface area contributed by atoms with Crippen molar-refractivity contribution in [2.75, 3.05) is 11.1 Å². The van der Waals surface area contributed by atoms with Gasteiger partial charge in [0.15, 0.2) is 6.04 Å². The van der Waals surface area contributed by atoms with Crippen molar-refractivity contribution in [1.29, 1.82) is 0 Å². The summed E-state index contributed by atoms with van der Waals surface area (Å²) in [6.45, 7) is 6.32. The summed E-state index contributed by atoms with van der Waals surface area (Å²) in [5.74, 6) is 1.18. The molecule has 1 atom stereocenters. The van der Waals surface area contributed by atoms with Crippen molar-refractivity contribution in [1.82, 2.24) is 10.2 Å². The highest BCUT2D eigenvalue weighted by Crippen LogP contribution is 2.22. The van der Waals surface area contributed by atoms with Crippen LogP contribution in [0.25, 0.3) is 0 Å². The number of hydrogen-bond acceptors (Lipinski definition) is 5. The first-order valence-corrected chi connectivity index (χ1v) is 9.15. The molecule has 6 nitrogen and oxygen atoms in total. The summed E-state index contributed by atoms with van der Waals surface area (Å²) in [5, 5.41) is 11.3. The molecule has 2 rings (SSSR count). The van der Waals surface area contributed by atoms with Crippen LogP contribution in [0.4, 0.5) is 5.69 Å². The van der Waals surface area contributed by atoms with E-state index in [1.807, 2.05) is 24.3 Å². The zero-order valence-electron chi connectivity index (χ0n) is 14.8. The summed E-state index contributed by atoms with van der Waals surface area (Å²) in [6.07, 6.45) is 1.76. The highest BCUT2D eigenvalue weighted by atomic mass is 35.5. The Morgan fingerprint density at radius 1 is 1.32 bits per heavy atom. The smallest absolute Gasteiger partial charge is 0.277 e. The van der Waals surface area contributed by atoms with Gasteiger partial charge in [-0.1, -0.05) is 50.7 Å². The number of amides is 1. The van der Waals surface area contributed by atoms with Crippen molar-refractivity contribution < 1.29 is 27.4 Å². The Morgan fingerprint density at radius 2 is 2.04 bits per heavy atom. The lowest BCUT2D eigenvalue weighted by molar-refractivity contribution is -0.435. The number of nitrogens with zero attached hydrogens (tertiary/aromatic N) is 2. The molecule has 2 aromatic rings. The Labute approximate surface area is 158 Å². The van der Waals surface area contributed by atoms with Gasteiger partial charge in [0, 0.05) is 12.1 Å². The van der Waals surface area contributed by atoms with Crippen LogP contribution < -0.4 is 23.5 Å². The maximum absolute atomic E-state index is 12.1. The third-order valence-corrected chi connectivity index (χ3v) is 4.34. The first kappa shape index (κ1) is 21.5. The molecule has 0 spiro atoms. The van der Waals surface area contributed by atoms with E-state index in [9.17, 15) is 4.79 Å². The van der Waals surface area contributed by atoms with Gasteiger partial charge in [-0.25, -0.2) is 0 Å². The van der Waals surface area contributed by atoms with E-state index < -0.39 is 0 Å². The number of thioether (sulfide) groups is 1. The van der Waals surface area contributed by atoms with Crippen molar-refractivity contribution in [3.63, 3.8) is 0 Å². The first-order valence-electron chi connectivity index (χ1n) is 8.16. The van der Waals surface area contributed by atoms with Crippen molar-refractivity contribution >= 4 is 23.4 Å². The molecule has 1 aromatic heterocycles. The molecule has 0 radical (unpaired) electrons. The predicted molar refractivity (Wildman–Crippen MR) is 94.6 cm³/mol. The van der Waals surface area contributed by atoms with E-state index >= 15 is 0 Å². The normalized spacial score (nSPS) is 11.9. The largest absolute Gasteiger partial charge is 1.00 e. The van der Waals surface area contributed by atoms with Gasteiger partial charge >= 0.3 is 0 Å². The van der Waals surface area contributed by atoms with E-state index in [-0.39, 0.29) is 30.1 Å². The number of nitrogens with one attached hydrogen (secondary N) is 1. The molecule has 0 saturated carbocycles. The van der Waals surface area contributed by atoms with Gasteiger partial charge < -0.3 is 27.9 Å². The summed E-state index contributed by atoms with van der Waals surface area (Å²) >= 11 is 1.24. The van der Waals surface area contributed by atoms with Crippen LogP contribution in [0.5, 0.6) is 0 Å². The Bertz CT molecular complexity index is 678. The van der Waals surface area contributed by atoms with Gasteiger partial charge in [-0.3, -0.25) is 4.79 Å². The van der Waals surface area contributed by atoms with Crippen LogP contribution in [-0.2, 0) is 11.2 Å². The minimum atomic E-state index is -0.0889. The summed E-state index contributed by atoms with van der Waals surface area (Å²) < 4.78 is 5.59. The lowest BCUT2D eigenvalue weighted by atomic mass is 10.1. The Kier molecular flexibility index (Phi) is 8.96. The maximum atomic E-state index is 12.1. The fraction of sp³-hybridized carbons (Fsp3) is 0.471. The molecule has 1 aromatic carbocycles. The number of carbonyl (C=O) groups excluding carboxylic acids is 1. The monoisotopic (exact) mass is 384 g/mol. The van der Waals surface area contributed by atoms with Gasteiger partial charge in [0.05, 0.1) is 5.75 Å². The van der Waals surface area contributed by atoms with Gasteiger partial charge in [-0.15, -0.1) is 10.2 Å². The summed E-state index contributed by atoms with van der Waals surface area (Å²) in [6, 6.07) is 7.78. The second kappa shape index (κ2) is 10.4. The number of aryl methyl sites for hydroxylation is 1. The van der Waals surface area contributed by atoms with Crippen LogP contribution in [0.1, 0.15) is 44.7 Å². The van der Waals surface area contributed by atoms with Gasteiger partial charge in [-0.2, -0.15) is 0 Å². The lowest BCUT2D eigenvalue weighted by Crippen LogP contribution is -3.00. The predicted octanol–water partition coefficient (Wildman–Crippen LogP) is -0.304. The number of quaternary nitrogens is 1. The van der Waals surface area contributed by atoms with Crippen molar-refractivity contribution in [2.45, 2.75) is 44.9 Å². The summed E-state index contributed by atoms with van der Waals surface area (Å²) in [7, 11) is 0. The number of anilines is 1. The second-order valence-corrected chi connectivity index (χ2v) is 7.01. The van der Waals surface area contributed by atoms with Gasteiger partial charge in [0.25, 0.3) is 11.1 Å². The summed E-state index contributed by atoms with van der Waals surface area (Å²) in [5.41, 5.74) is 6.02. The minimum Gasteiger partial charge on any atom is -1.00 e. The average molecular weight is 385 g/mol. The highest BCUT2D eigenvalue weighted by molar-refractivity contribution is 7.99. The molecule has 0 aliphatic carbocycles. The van der Waals surface area contributed by atoms with E-state index in [0.717, 1.165) is 24.1 Å². The Hall–Kier alpha value is -1.57. The number of rotatable bonds is 8. The van der Waals surface area contributed by atoms with Crippen LogP contribution in [-0.4, -0.2) is 21.9 Å². The molecule has 0 aliphatic rings. The standard InChI is InChI=1S/C17H24N4O2S.ClH/c1-4-12-7-5-6-8-14(12)19-15(22)10-24-17-21-20-16(23-17)13(18)9-11(2)3;/h5-8,11,13H,4,9-10,18H2,1-3H3,(H,19,22);1H/t13-;/m0./s1. The van der Waals surface area contributed by atoms with Crippen LogP contribution in [0, 0.1) is 5.92 Å². The van der Waals surface area contributed by atoms with Crippen LogP contribution in [0.2, 0.25) is 0 Å². The fourth-order valence-electron chi connectivity index (χ4n) is 2.38. The van der Waals surface area contributed by atoms with E-state index in [0.29, 0.717) is 17.0 Å². The minimum absolute atomic E-state index is 0. The topological polar surface area (TPSA) is 95.7 Å². The van der Waals surface area contributed by atoms with Crippen LogP contribution >= 0.6 is 11.8 Å². The van der Waals surface area contributed by atoms with E-state index in [1.54, 1.807) is 0 Å². The highest BCUT2D eigenvalue weighted by Gasteiger charge is 2.19. The van der Waals surface area contributed by atoms with E-state index in [2.05, 4.69) is 42.0 Å². The SMILES string of the molecule is CCc1ccccc1NC(=O)CSc1nnc([C@@H]([NH3+])CC(C)C)o1.[Cl-]. The number of aromatic nitrogens is 2. The molecule has 0 saturated heterocycles. The maximum Gasteiger partial charge on any atom is 0.277 e. The van der Waals surface area contributed by atoms with E-state index in [1.165, 1.54) is 11.8 Å². The molecular weight excluding hydrogens is 360 g/mol. The molecule has 4 N–H and O–H groups in total. The molecule has 138 valence electrons. The zero-order chi connectivity index (χ0) is 17.5. The van der Waals surface area contributed by atoms with Gasteiger partial charge in [0.1, 0.15) is 0 Å². The molecule has 1 amide bonds. The fourth-order valence-corrected chi connectivity index (χ4v) is 2.95. The zero-order valence-corrected chi connectivity index (χ0v) is 16.4. The third-order valence-electron chi connectivity index (χ3n) is 3.53. The van der Waals surface area contributed by atoms with Crippen LogP contribution in [0.15, 0.2) is 33.9 Å². The van der Waals surface area contributed by atoms with Crippen molar-refractivity contribution in [3.05, 3.63) is 35.7 Å². The summed E-state index contributed by atoms with van der Waals surface area (Å²) in [4.78, 5) is 12.1. The molecular formula is C17H25ClN4O2S. The number of halogens is 1. The molecule has 0 unspecified atom stereocenters. The second-order valence-electron chi connectivity index (χ2n) is 6.08. The Morgan fingerprint density at radius 3 is 2.72 bits per heavy atom. The number of para-hydroxylation sites is 1. The molecule has 8 heteroatoms.